The van der Waals surface area contributed by atoms with Crippen molar-refractivity contribution in [2.24, 2.45) is 5.92 Å². The third kappa shape index (κ3) is 2.71. The summed E-state index contributed by atoms with van der Waals surface area (Å²) in [5.41, 5.74) is 13.6. The summed E-state index contributed by atoms with van der Waals surface area (Å²) >= 11 is 0. The van der Waals surface area contributed by atoms with Crippen LogP contribution in [-0.2, 0) is 0 Å². The molecule has 0 saturated heterocycles. The van der Waals surface area contributed by atoms with E-state index in [0.29, 0.717) is 23.6 Å². The first kappa shape index (κ1) is 14.7. The second-order valence-corrected chi connectivity index (χ2v) is 6.32. The number of nitrogens with two attached hydrogens (primary N) is 2. The Morgan fingerprint density at radius 1 is 1.08 bits per heavy atom. The van der Waals surface area contributed by atoms with E-state index in [2.05, 4.69) is 37.9 Å². The molecule has 4 N–H and O–H groups in total. The number of aromatic nitrogens is 4. The Morgan fingerprint density at radius 2 is 2.00 bits per heavy atom. The minimum Gasteiger partial charge on any atom is -0.384 e. The molecule has 3 aromatic heterocycles. The molecule has 4 rings (SSSR count). The van der Waals surface area contributed by atoms with Gasteiger partial charge in [0.25, 0.3) is 0 Å². The van der Waals surface area contributed by atoms with Crippen molar-refractivity contribution in [2.45, 2.75) is 25.3 Å². The monoisotopic (exact) mass is 320 g/mol. The van der Waals surface area contributed by atoms with Gasteiger partial charge in [0, 0.05) is 18.4 Å². The van der Waals surface area contributed by atoms with E-state index in [0.717, 1.165) is 29.4 Å². The molecule has 3 heterocycles. The maximum absolute atomic E-state index is 5.93. The van der Waals surface area contributed by atoms with Crippen LogP contribution in [0.25, 0.3) is 17.1 Å². The van der Waals surface area contributed by atoms with Gasteiger partial charge in [0.2, 0.25) is 0 Å². The molecule has 2 atom stereocenters. The lowest BCUT2D eigenvalue weighted by molar-refractivity contribution is 0.518. The lowest BCUT2D eigenvalue weighted by Gasteiger charge is -2.13. The zero-order valence-electron chi connectivity index (χ0n) is 13.3. The Bertz CT molecular complexity index is 880. The van der Waals surface area contributed by atoms with Gasteiger partial charge in [-0.1, -0.05) is 12.2 Å². The number of rotatable bonds is 3. The Hall–Kier alpha value is -2.89. The van der Waals surface area contributed by atoms with Crippen LogP contribution >= 0.6 is 0 Å². The molecule has 1 saturated carbocycles. The second-order valence-electron chi connectivity index (χ2n) is 6.32. The summed E-state index contributed by atoms with van der Waals surface area (Å²) in [4.78, 5) is 12.6. The van der Waals surface area contributed by atoms with E-state index in [4.69, 9.17) is 11.5 Å². The first-order chi connectivity index (χ1) is 11.7. The second kappa shape index (κ2) is 5.96. The number of fused-ring (bicyclic) bond motifs is 1. The highest BCUT2D eigenvalue weighted by Gasteiger charge is 2.25. The first-order valence-electron chi connectivity index (χ1n) is 8.17. The van der Waals surface area contributed by atoms with Crippen LogP contribution in [0, 0.1) is 5.92 Å². The molecule has 0 spiro atoms. The third-order valence-electron chi connectivity index (χ3n) is 4.75. The number of anilines is 2. The molecular weight excluding hydrogens is 300 g/mol. The molecule has 0 amide bonds. The van der Waals surface area contributed by atoms with E-state index in [9.17, 15) is 0 Å². The predicted octanol–water partition coefficient (Wildman–Crippen LogP) is 3.05. The van der Waals surface area contributed by atoms with E-state index in [1.165, 1.54) is 12.7 Å². The standard InChI is InChI=1S/C18H20N6/c19-16-6-4-13(10-21-16)2-1-12-3-5-14(9-12)24-8-7-15-17(20)22-11-23-18(15)24/h1-2,4,6-8,10-12,14H,3,5,9H2,(H2,19,21)(H2,20,22,23)/b2-1+. The molecule has 2 unspecified atom stereocenters. The average molecular weight is 320 g/mol. The largest absolute Gasteiger partial charge is 0.384 e. The Kier molecular flexibility index (Phi) is 3.65. The normalized spacial score (nSPS) is 21.0. The summed E-state index contributed by atoms with van der Waals surface area (Å²) in [7, 11) is 0. The minimum absolute atomic E-state index is 0.455. The molecule has 122 valence electrons. The van der Waals surface area contributed by atoms with E-state index in [1.54, 1.807) is 6.20 Å². The fourth-order valence-electron chi connectivity index (χ4n) is 3.47. The van der Waals surface area contributed by atoms with Gasteiger partial charge in [-0.05, 0) is 48.9 Å². The lowest BCUT2D eigenvalue weighted by atomic mass is 10.1. The van der Waals surface area contributed by atoms with Crippen LogP contribution in [0.15, 0.2) is 43.0 Å². The van der Waals surface area contributed by atoms with E-state index < -0.39 is 0 Å². The van der Waals surface area contributed by atoms with Gasteiger partial charge < -0.3 is 16.0 Å². The molecule has 0 bridgehead atoms. The molecular formula is C18H20N6. The van der Waals surface area contributed by atoms with Crippen molar-refractivity contribution in [3.05, 3.63) is 48.6 Å². The number of nitrogen functional groups attached to an aromatic ring is 2. The molecule has 0 aliphatic heterocycles. The predicted molar refractivity (Wildman–Crippen MR) is 96.0 cm³/mol. The van der Waals surface area contributed by atoms with Crippen LogP contribution in [0.2, 0.25) is 0 Å². The number of nitrogens with zero attached hydrogens (tertiary/aromatic N) is 4. The first-order valence-corrected chi connectivity index (χ1v) is 8.17. The molecule has 1 aliphatic rings. The maximum atomic E-state index is 5.93. The van der Waals surface area contributed by atoms with E-state index >= 15 is 0 Å². The molecule has 6 nitrogen and oxygen atoms in total. The number of hydrogen-bond acceptors (Lipinski definition) is 5. The molecule has 6 heteroatoms. The smallest absolute Gasteiger partial charge is 0.145 e. The molecule has 3 aromatic rings. The van der Waals surface area contributed by atoms with Gasteiger partial charge in [-0.3, -0.25) is 0 Å². The van der Waals surface area contributed by atoms with Gasteiger partial charge in [-0.15, -0.1) is 0 Å². The Balaban J connectivity index is 1.49. The van der Waals surface area contributed by atoms with Crippen LogP contribution < -0.4 is 11.5 Å². The summed E-state index contributed by atoms with van der Waals surface area (Å²) in [6.07, 6.45) is 13.2. The van der Waals surface area contributed by atoms with Crippen LogP contribution in [0.1, 0.15) is 30.9 Å². The molecule has 0 radical (unpaired) electrons. The summed E-state index contributed by atoms with van der Waals surface area (Å²) < 4.78 is 2.24. The topological polar surface area (TPSA) is 95.6 Å². The number of allylic oxidation sites excluding steroid dienone is 1. The van der Waals surface area contributed by atoms with Crippen molar-refractivity contribution in [2.75, 3.05) is 11.5 Å². The van der Waals surface area contributed by atoms with E-state index in [1.807, 2.05) is 18.2 Å². The number of hydrogen-bond donors (Lipinski definition) is 2. The quantitative estimate of drug-likeness (QED) is 0.773. The molecule has 1 aliphatic carbocycles. The fourth-order valence-corrected chi connectivity index (χ4v) is 3.47. The van der Waals surface area contributed by atoms with Crippen molar-refractivity contribution in [3.63, 3.8) is 0 Å². The molecule has 24 heavy (non-hydrogen) atoms. The van der Waals surface area contributed by atoms with Crippen molar-refractivity contribution < 1.29 is 0 Å². The van der Waals surface area contributed by atoms with Crippen LogP contribution in [0.3, 0.4) is 0 Å². The molecule has 0 aromatic carbocycles. The van der Waals surface area contributed by atoms with Crippen LogP contribution in [0.5, 0.6) is 0 Å². The van der Waals surface area contributed by atoms with Gasteiger partial charge in [0.1, 0.15) is 23.6 Å². The average Bonchev–Trinajstić information content (AvgIpc) is 3.21. The number of pyridine rings is 1. The van der Waals surface area contributed by atoms with Crippen LogP contribution in [-0.4, -0.2) is 19.5 Å². The van der Waals surface area contributed by atoms with Crippen molar-refractivity contribution >= 4 is 28.7 Å². The SMILES string of the molecule is Nc1ccc(/C=C/C2CCC(n3ccc4c(N)ncnc43)C2)cn1. The van der Waals surface area contributed by atoms with Gasteiger partial charge in [0.15, 0.2) is 0 Å². The summed E-state index contributed by atoms with van der Waals surface area (Å²) in [5, 5.41) is 0.935. The lowest BCUT2D eigenvalue weighted by Crippen LogP contribution is -2.05. The van der Waals surface area contributed by atoms with Crippen LogP contribution in [0.4, 0.5) is 11.6 Å². The van der Waals surface area contributed by atoms with Crippen molar-refractivity contribution in [1.29, 1.82) is 0 Å². The molecule has 1 fully saturated rings. The zero-order chi connectivity index (χ0) is 16.5. The summed E-state index contributed by atoms with van der Waals surface area (Å²) in [5.74, 6) is 1.65. The van der Waals surface area contributed by atoms with Crippen molar-refractivity contribution in [3.8, 4) is 0 Å². The Labute approximate surface area is 140 Å². The maximum Gasteiger partial charge on any atom is 0.145 e. The highest BCUT2D eigenvalue weighted by Crippen LogP contribution is 2.37. The highest BCUT2D eigenvalue weighted by atomic mass is 15.1. The van der Waals surface area contributed by atoms with Gasteiger partial charge in [-0.25, -0.2) is 15.0 Å². The fraction of sp³-hybridized carbons (Fsp3) is 0.278. The van der Waals surface area contributed by atoms with E-state index in [-0.39, 0.29) is 0 Å². The highest BCUT2D eigenvalue weighted by molar-refractivity contribution is 5.86. The van der Waals surface area contributed by atoms with Gasteiger partial charge in [0.05, 0.1) is 5.39 Å². The van der Waals surface area contributed by atoms with Crippen molar-refractivity contribution in [1.82, 2.24) is 19.5 Å². The summed E-state index contributed by atoms with van der Waals surface area (Å²) in [6, 6.07) is 6.28. The minimum atomic E-state index is 0.455. The third-order valence-corrected chi connectivity index (χ3v) is 4.75. The Morgan fingerprint density at radius 3 is 2.83 bits per heavy atom. The van der Waals surface area contributed by atoms with Gasteiger partial charge in [-0.2, -0.15) is 0 Å². The van der Waals surface area contributed by atoms with Gasteiger partial charge >= 0.3 is 0 Å². The summed E-state index contributed by atoms with van der Waals surface area (Å²) in [6.45, 7) is 0. The zero-order valence-corrected chi connectivity index (χ0v) is 13.3.